The molecular weight excluding hydrogens is 282 g/mol. The second-order valence-electron chi connectivity index (χ2n) is 6.73. The molecule has 0 saturated carbocycles. The highest BCUT2D eigenvalue weighted by Crippen LogP contribution is 2.38. The van der Waals surface area contributed by atoms with Gasteiger partial charge in [-0.05, 0) is 5.56 Å². The molecule has 1 aromatic rings. The van der Waals surface area contributed by atoms with Crippen molar-refractivity contribution in [2.24, 2.45) is 5.41 Å². The molecule has 1 aliphatic rings. The van der Waals surface area contributed by atoms with Crippen molar-refractivity contribution in [2.75, 3.05) is 13.7 Å². The van der Waals surface area contributed by atoms with E-state index in [2.05, 4.69) is 0 Å². The first-order valence-electron chi connectivity index (χ1n) is 7.33. The first kappa shape index (κ1) is 16.5. The van der Waals surface area contributed by atoms with Gasteiger partial charge in [0.2, 0.25) is 6.41 Å². The Labute approximate surface area is 131 Å². The summed E-state index contributed by atoms with van der Waals surface area (Å²) in [6.07, 6.45) is 0.599. The molecule has 2 atom stereocenters. The summed E-state index contributed by atoms with van der Waals surface area (Å²) in [7, 11) is 1.34. The Morgan fingerprint density at radius 3 is 2.55 bits per heavy atom. The van der Waals surface area contributed by atoms with Crippen molar-refractivity contribution in [1.29, 1.82) is 0 Å². The Bertz CT molecular complexity index is 537. The fraction of sp³-hybridized carbons (Fsp3) is 0.529. The van der Waals surface area contributed by atoms with E-state index in [4.69, 9.17) is 9.47 Å². The number of rotatable bonds is 4. The molecule has 0 N–H and O–H groups in total. The summed E-state index contributed by atoms with van der Waals surface area (Å²) in [4.78, 5) is 25.7. The van der Waals surface area contributed by atoms with Crippen molar-refractivity contribution in [1.82, 2.24) is 4.90 Å². The molecule has 0 radical (unpaired) electrons. The van der Waals surface area contributed by atoms with Crippen molar-refractivity contribution in [3.8, 4) is 0 Å². The highest BCUT2D eigenvalue weighted by atomic mass is 16.5. The maximum Gasteiger partial charge on any atom is 0.334 e. The third-order valence-corrected chi connectivity index (χ3v) is 3.99. The zero-order valence-electron chi connectivity index (χ0n) is 13.5. The zero-order valence-corrected chi connectivity index (χ0v) is 13.5. The van der Waals surface area contributed by atoms with Crippen LogP contribution in [0.1, 0.15) is 26.3 Å². The topological polar surface area (TPSA) is 55.8 Å². The van der Waals surface area contributed by atoms with E-state index >= 15 is 0 Å². The molecule has 1 aliphatic heterocycles. The lowest BCUT2D eigenvalue weighted by atomic mass is 9.87. The average Bonchev–Trinajstić information content (AvgIpc) is 2.87. The summed E-state index contributed by atoms with van der Waals surface area (Å²) in [5.74, 6) is -0.449. The summed E-state index contributed by atoms with van der Waals surface area (Å²) in [6, 6.07) is 9.58. The van der Waals surface area contributed by atoms with Crippen LogP contribution in [0.25, 0.3) is 0 Å². The Hall–Kier alpha value is -1.88. The molecule has 5 nitrogen and oxygen atoms in total. The molecule has 2 rings (SSSR count). The lowest BCUT2D eigenvalue weighted by Gasteiger charge is -2.38. The molecule has 1 aromatic carbocycles. The third-order valence-electron chi connectivity index (χ3n) is 3.99. The lowest BCUT2D eigenvalue weighted by Crippen LogP contribution is -2.58. The Kier molecular flexibility index (Phi) is 4.56. The summed E-state index contributed by atoms with van der Waals surface area (Å²) in [5, 5.41) is 0. The van der Waals surface area contributed by atoms with E-state index in [1.807, 2.05) is 51.1 Å². The molecule has 0 bridgehead atoms. The standard InChI is InChI=1S/C17H23NO4/c1-16(2,3)14-18(12-19)17(11-22-14,15(20)21-4)10-13-8-6-5-7-9-13/h5-9,12,14H,10-11H2,1-4H3/t14-,17-/m1/s1. The predicted molar refractivity (Wildman–Crippen MR) is 82.0 cm³/mol. The van der Waals surface area contributed by atoms with Crippen LogP contribution in [0.5, 0.6) is 0 Å². The molecule has 1 fully saturated rings. The second kappa shape index (κ2) is 6.08. The van der Waals surface area contributed by atoms with Gasteiger partial charge in [-0.15, -0.1) is 0 Å². The van der Waals surface area contributed by atoms with Gasteiger partial charge in [0.15, 0.2) is 5.54 Å². The van der Waals surface area contributed by atoms with Crippen LogP contribution in [0.4, 0.5) is 0 Å². The molecule has 22 heavy (non-hydrogen) atoms. The normalized spacial score (nSPS) is 25.1. The molecule has 1 saturated heterocycles. The van der Waals surface area contributed by atoms with Gasteiger partial charge in [-0.25, -0.2) is 4.79 Å². The quantitative estimate of drug-likeness (QED) is 0.631. The molecule has 0 aromatic heterocycles. The van der Waals surface area contributed by atoms with Crippen LogP contribution in [-0.4, -0.2) is 42.8 Å². The Morgan fingerprint density at radius 1 is 1.41 bits per heavy atom. The molecule has 120 valence electrons. The van der Waals surface area contributed by atoms with E-state index in [9.17, 15) is 9.59 Å². The largest absolute Gasteiger partial charge is 0.467 e. The van der Waals surface area contributed by atoms with Gasteiger partial charge in [0, 0.05) is 11.8 Å². The highest BCUT2D eigenvalue weighted by Gasteiger charge is 2.56. The first-order chi connectivity index (χ1) is 10.3. The maximum atomic E-state index is 12.5. The number of hydrogen-bond donors (Lipinski definition) is 0. The van der Waals surface area contributed by atoms with Crippen molar-refractivity contribution in [3.63, 3.8) is 0 Å². The average molecular weight is 305 g/mol. The predicted octanol–water partition coefficient (Wildman–Crippen LogP) is 2.00. The van der Waals surface area contributed by atoms with E-state index in [0.717, 1.165) is 5.56 Å². The van der Waals surface area contributed by atoms with Crippen LogP contribution in [0.3, 0.4) is 0 Å². The molecule has 1 amide bonds. The fourth-order valence-corrected chi connectivity index (χ4v) is 2.92. The molecule has 1 heterocycles. The number of amides is 1. The SMILES string of the molecule is COC(=O)[C@@]1(Cc2ccccc2)CO[C@H](C(C)(C)C)N1C=O. The minimum absolute atomic E-state index is 0.134. The number of carbonyl (C=O) groups is 2. The number of ether oxygens (including phenoxy) is 2. The number of methoxy groups -OCH3 is 1. The highest BCUT2D eigenvalue weighted by molar-refractivity contribution is 5.84. The van der Waals surface area contributed by atoms with E-state index in [-0.39, 0.29) is 12.0 Å². The van der Waals surface area contributed by atoms with Gasteiger partial charge in [-0.2, -0.15) is 0 Å². The minimum Gasteiger partial charge on any atom is -0.467 e. The van der Waals surface area contributed by atoms with E-state index in [0.29, 0.717) is 12.8 Å². The van der Waals surface area contributed by atoms with Crippen LogP contribution < -0.4 is 0 Å². The van der Waals surface area contributed by atoms with E-state index in [1.54, 1.807) is 0 Å². The summed E-state index contributed by atoms with van der Waals surface area (Å²) in [6.45, 7) is 6.06. The summed E-state index contributed by atoms with van der Waals surface area (Å²) >= 11 is 0. The first-order valence-corrected chi connectivity index (χ1v) is 7.33. The third kappa shape index (κ3) is 2.86. The number of nitrogens with zero attached hydrogens (tertiary/aromatic N) is 1. The van der Waals surface area contributed by atoms with Crippen LogP contribution in [0.15, 0.2) is 30.3 Å². The van der Waals surface area contributed by atoms with E-state index < -0.39 is 17.7 Å². The number of hydrogen-bond acceptors (Lipinski definition) is 4. The lowest BCUT2D eigenvalue weighted by molar-refractivity contribution is -0.158. The molecule has 0 spiro atoms. The van der Waals surface area contributed by atoms with Gasteiger partial charge < -0.3 is 9.47 Å². The van der Waals surface area contributed by atoms with Crippen LogP contribution in [0, 0.1) is 5.41 Å². The van der Waals surface area contributed by atoms with Gasteiger partial charge in [0.05, 0.1) is 13.7 Å². The van der Waals surface area contributed by atoms with Crippen LogP contribution >= 0.6 is 0 Å². The molecular formula is C17H23NO4. The minimum atomic E-state index is -1.12. The monoisotopic (exact) mass is 305 g/mol. The maximum absolute atomic E-state index is 12.5. The zero-order chi connectivity index (χ0) is 16.4. The number of esters is 1. The van der Waals surface area contributed by atoms with Crippen molar-refractivity contribution in [2.45, 2.75) is 39.0 Å². The van der Waals surface area contributed by atoms with Gasteiger partial charge in [0.25, 0.3) is 0 Å². The van der Waals surface area contributed by atoms with E-state index in [1.165, 1.54) is 12.0 Å². The fourth-order valence-electron chi connectivity index (χ4n) is 2.92. The van der Waals surface area contributed by atoms with Crippen molar-refractivity contribution < 1.29 is 19.1 Å². The van der Waals surface area contributed by atoms with Crippen molar-refractivity contribution in [3.05, 3.63) is 35.9 Å². The smallest absolute Gasteiger partial charge is 0.334 e. The van der Waals surface area contributed by atoms with Crippen LogP contribution in [-0.2, 0) is 25.5 Å². The summed E-state index contributed by atoms with van der Waals surface area (Å²) < 4.78 is 10.8. The number of carbonyl (C=O) groups excluding carboxylic acids is 2. The van der Waals surface area contributed by atoms with Gasteiger partial charge in [0.1, 0.15) is 6.23 Å². The Morgan fingerprint density at radius 2 is 2.05 bits per heavy atom. The van der Waals surface area contributed by atoms with Crippen molar-refractivity contribution >= 4 is 12.4 Å². The van der Waals surface area contributed by atoms with Gasteiger partial charge in [-0.3, -0.25) is 9.69 Å². The Balaban J connectivity index is 2.42. The molecule has 5 heteroatoms. The summed E-state index contributed by atoms with van der Waals surface area (Å²) in [5.41, 5.74) is -0.457. The molecule has 0 aliphatic carbocycles. The molecule has 0 unspecified atom stereocenters. The van der Waals surface area contributed by atoms with Gasteiger partial charge >= 0.3 is 5.97 Å². The van der Waals surface area contributed by atoms with Crippen LogP contribution in [0.2, 0.25) is 0 Å². The van der Waals surface area contributed by atoms with Gasteiger partial charge in [-0.1, -0.05) is 51.1 Å². The number of benzene rings is 1. The second-order valence-corrected chi connectivity index (χ2v) is 6.73.